The van der Waals surface area contributed by atoms with Crippen molar-refractivity contribution in [3.05, 3.63) is 53.1 Å². The highest BCUT2D eigenvalue weighted by molar-refractivity contribution is 6.34. The van der Waals surface area contributed by atoms with Crippen LogP contribution in [0.4, 0.5) is 5.69 Å². The van der Waals surface area contributed by atoms with Gasteiger partial charge in [0, 0.05) is 16.5 Å². The Morgan fingerprint density at radius 1 is 1.04 bits per heavy atom. The molecule has 0 spiro atoms. The number of amides is 1. The van der Waals surface area contributed by atoms with Gasteiger partial charge in [-0.1, -0.05) is 61.2 Å². The summed E-state index contributed by atoms with van der Waals surface area (Å²) in [7, 11) is 0. The Hall–Kier alpha value is -2.33. The number of aromatic carboxylic acids is 1. The van der Waals surface area contributed by atoms with Crippen LogP contribution in [-0.4, -0.2) is 17.0 Å². The van der Waals surface area contributed by atoms with Crippen LogP contribution in [0, 0.1) is 5.92 Å². The maximum absolute atomic E-state index is 12.5. The van der Waals surface area contributed by atoms with Crippen LogP contribution in [0.15, 0.2) is 42.5 Å². The van der Waals surface area contributed by atoms with Gasteiger partial charge in [-0.05, 0) is 30.5 Å². The van der Waals surface area contributed by atoms with Crippen LogP contribution in [0.1, 0.15) is 42.5 Å². The van der Waals surface area contributed by atoms with Gasteiger partial charge in [-0.15, -0.1) is 0 Å². The molecule has 1 aliphatic rings. The second-order valence-corrected chi connectivity index (χ2v) is 6.78. The number of carboxylic acids is 1. The predicted molar refractivity (Wildman–Crippen MR) is 99.1 cm³/mol. The van der Waals surface area contributed by atoms with E-state index in [0.717, 1.165) is 37.7 Å². The van der Waals surface area contributed by atoms with Gasteiger partial charge in [-0.3, -0.25) is 4.79 Å². The third-order valence-electron chi connectivity index (χ3n) is 4.66. The Morgan fingerprint density at radius 2 is 1.72 bits per heavy atom. The number of hydrogen-bond acceptors (Lipinski definition) is 2. The van der Waals surface area contributed by atoms with Crippen LogP contribution in [0.3, 0.4) is 0 Å². The van der Waals surface area contributed by atoms with E-state index in [1.165, 1.54) is 6.07 Å². The molecule has 0 atom stereocenters. The molecule has 0 aliphatic heterocycles. The number of nitrogens with one attached hydrogen (secondary N) is 1. The zero-order valence-corrected chi connectivity index (χ0v) is 14.6. The van der Waals surface area contributed by atoms with Crippen molar-refractivity contribution in [2.45, 2.75) is 32.1 Å². The Bertz CT molecular complexity index is 783. The number of hydrogen-bond donors (Lipinski definition) is 2. The first-order valence-electron chi connectivity index (χ1n) is 8.49. The van der Waals surface area contributed by atoms with Gasteiger partial charge in [0.25, 0.3) is 0 Å². The average molecular weight is 358 g/mol. The lowest BCUT2D eigenvalue weighted by atomic mass is 9.88. The van der Waals surface area contributed by atoms with Gasteiger partial charge >= 0.3 is 5.97 Å². The first kappa shape index (κ1) is 17.5. The van der Waals surface area contributed by atoms with E-state index in [1.807, 2.05) is 30.3 Å². The number of halogens is 1. The third-order valence-corrected chi connectivity index (χ3v) is 4.97. The number of carbonyl (C=O) groups excluding carboxylic acids is 1. The largest absolute Gasteiger partial charge is 0.478 e. The fourth-order valence-corrected chi connectivity index (χ4v) is 3.56. The number of carboxylic acid groups (broad SMARTS) is 1. The van der Waals surface area contributed by atoms with E-state index in [0.29, 0.717) is 16.3 Å². The second-order valence-electron chi connectivity index (χ2n) is 6.37. The molecule has 2 aromatic carbocycles. The second kappa shape index (κ2) is 7.70. The summed E-state index contributed by atoms with van der Waals surface area (Å²) in [5, 5.41) is 12.6. The molecular formula is C20H20ClNO3. The van der Waals surface area contributed by atoms with E-state index in [1.54, 1.807) is 6.07 Å². The lowest BCUT2D eigenvalue weighted by Crippen LogP contribution is -2.25. The van der Waals surface area contributed by atoms with Crippen molar-refractivity contribution in [2.24, 2.45) is 5.92 Å². The van der Waals surface area contributed by atoms with Crippen molar-refractivity contribution in [1.29, 1.82) is 0 Å². The lowest BCUT2D eigenvalue weighted by molar-refractivity contribution is -0.120. The molecule has 3 rings (SSSR count). The number of rotatable bonds is 4. The molecule has 5 heteroatoms. The van der Waals surface area contributed by atoms with Crippen LogP contribution in [-0.2, 0) is 4.79 Å². The van der Waals surface area contributed by atoms with E-state index >= 15 is 0 Å². The number of anilines is 1. The first-order chi connectivity index (χ1) is 12.1. The molecule has 25 heavy (non-hydrogen) atoms. The third kappa shape index (κ3) is 4.02. The molecule has 0 aromatic heterocycles. The highest BCUT2D eigenvalue weighted by Crippen LogP contribution is 2.34. The van der Waals surface area contributed by atoms with Crippen molar-refractivity contribution in [3.8, 4) is 11.1 Å². The predicted octanol–water partition coefficient (Wildman–Crippen LogP) is 5.22. The Kier molecular flexibility index (Phi) is 5.39. The highest BCUT2D eigenvalue weighted by Gasteiger charge is 2.23. The van der Waals surface area contributed by atoms with Gasteiger partial charge in [-0.25, -0.2) is 4.79 Å². The fourth-order valence-electron chi connectivity index (χ4n) is 3.29. The summed E-state index contributed by atoms with van der Waals surface area (Å²) in [5.41, 5.74) is 1.88. The summed E-state index contributed by atoms with van der Waals surface area (Å²) in [5.74, 6) is -1.27. The topological polar surface area (TPSA) is 66.4 Å². The highest BCUT2D eigenvalue weighted by atomic mass is 35.5. The van der Waals surface area contributed by atoms with Crippen LogP contribution in [0.25, 0.3) is 11.1 Å². The van der Waals surface area contributed by atoms with Crippen LogP contribution < -0.4 is 5.32 Å². The van der Waals surface area contributed by atoms with Gasteiger partial charge in [0.05, 0.1) is 11.3 Å². The molecule has 2 N–H and O–H groups in total. The van der Waals surface area contributed by atoms with E-state index in [9.17, 15) is 14.7 Å². The zero-order chi connectivity index (χ0) is 17.8. The van der Waals surface area contributed by atoms with E-state index in [-0.39, 0.29) is 17.4 Å². The first-order valence-corrected chi connectivity index (χ1v) is 8.87. The number of benzene rings is 2. The number of carbonyl (C=O) groups is 2. The summed E-state index contributed by atoms with van der Waals surface area (Å²) < 4.78 is 0. The van der Waals surface area contributed by atoms with Gasteiger partial charge in [-0.2, -0.15) is 0 Å². The molecule has 1 aliphatic carbocycles. The quantitative estimate of drug-likeness (QED) is 0.787. The van der Waals surface area contributed by atoms with Gasteiger partial charge in [0.15, 0.2) is 0 Å². The molecule has 130 valence electrons. The Balaban J connectivity index is 1.95. The maximum atomic E-state index is 12.5. The van der Waals surface area contributed by atoms with Gasteiger partial charge in [0.1, 0.15) is 0 Å². The molecule has 1 amide bonds. The normalized spacial score (nSPS) is 14.9. The van der Waals surface area contributed by atoms with Crippen molar-refractivity contribution >= 4 is 29.2 Å². The molecule has 1 saturated carbocycles. The summed E-state index contributed by atoms with van der Waals surface area (Å²) in [6.07, 6.45) is 4.95. The SMILES string of the molecule is O=C(O)c1cc(Cl)c(-c2ccccc2)cc1NC(=O)C1CCCCC1. The fraction of sp³-hybridized carbons (Fsp3) is 0.300. The van der Waals surface area contributed by atoms with Crippen LogP contribution in [0.5, 0.6) is 0 Å². The molecule has 0 bridgehead atoms. The van der Waals surface area contributed by atoms with Crippen LogP contribution in [0.2, 0.25) is 5.02 Å². The summed E-state index contributed by atoms with van der Waals surface area (Å²) >= 11 is 6.29. The van der Waals surface area contributed by atoms with Gasteiger partial charge in [0.2, 0.25) is 5.91 Å². The Morgan fingerprint density at radius 3 is 2.36 bits per heavy atom. The zero-order valence-electron chi connectivity index (χ0n) is 13.8. The smallest absolute Gasteiger partial charge is 0.337 e. The minimum atomic E-state index is -1.11. The average Bonchev–Trinajstić information content (AvgIpc) is 2.64. The minimum absolute atomic E-state index is 0.00819. The summed E-state index contributed by atoms with van der Waals surface area (Å²) in [6, 6.07) is 12.5. The summed E-state index contributed by atoms with van der Waals surface area (Å²) in [4.78, 5) is 24.1. The molecule has 0 saturated heterocycles. The van der Waals surface area contributed by atoms with Crippen molar-refractivity contribution in [3.63, 3.8) is 0 Å². The standard InChI is InChI=1S/C20H20ClNO3/c21-17-11-16(20(24)25)18(12-15(17)13-7-3-1-4-8-13)22-19(23)14-9-5-2-6-10-14/h1,3-4,7-8,11-12,14H,2,5-6,9-10H2,(H,22,23)(H,24,25). The van der Waals surface area contributed by atoms with Crippen LogP contribution >= 0.6 is 11.6 Å². The maximum Gasteiger partial charge on any atom is 0.337 e. The van der Waals surface area contributed by atoms with E-state index < -0.39 is 5.97 Å². The monoisotopic (exact) mass is 357 g/mol. The molecule has 4 nitrogen and oxygen atoms in total. The molecule has 0 radical (unpaired) electrons. The Labute approximate surface area is 151 Å². The van der Waals surface area contributed by atoms with Crippen molar-refractivity contribution in [2.75, 3.05) is 5.32 Å². The molecule has 1 fully saturated rings. The van der Waals surface area contributed by atoms with Gasteiger partial charge < -0.3 is 10.4 Å². The molecule has 2 aromatic rings. The lowest BCUT2D eigenvalue weighted by Gasteiger charge is -2.21. The van der Waals surface area contributed by atoms with Crippen molar-refractivity contribution < 1.29 is 14.7 Å². The van der Waals surface area contributed by atoms with Crippen molar-refractivity contribution in [1.82, 2.24) is 0 Å². The molecule has 0 unspecified atom stereocenters. The van der Waals surface area contributed by atoms with E-state index in [2.05, 4.69) is 5.32 Å². The summed E-state index contributed by atoms with van der Waals surface area (Å²) in [6.45, 7) is 0. The minimum Gasteiger partial charge on any atom is -0.478 e. The molecular weight excluding hydrogens is 338 g/mol. The van der Waals surface area contributed by atoms with E-state index in [4.69, 9.17) is 11.6 Å². The molecule has 0 heterocycles.